The van der Waals surface area contributed by atoms with Crippen LogP contribution in [-0.2, 0) is 26.3 Å². The van der Waals surface area contributed by atoms with E-state index in [0.29, 0.717) is 11.7 Å². The Hall–Kier alpha value is -2.23. The van der Waals surface area contributed by atoms with Gasteiger partial charge in [-0.1, -0.05) is 24.4 Å². The maximum Gasteiger partial charge on any atom is 0.344 e. The fourth-order valence-corrected chi connectivity index (χ4v) is 3.70. The summed E-state index contributed by atoms with van der Waals surface area (Å²) < 4.78 is 37.9. The molecule has 0 N–H and O–H groups in total. The number of ether oxygens (including phenoxy) is 1. The lowest BCUT2D eigenvalue weighted by Gasteiger charge is -2.18. The molecule has 0 bridgehead atoms. The zero-order chi connectivity index (χ0) is 18.0. The van der Waals surface area contributed by atoms with Crippen LogP contribution in [0.25, 0.3) is 0 Å². The van der Waals surface area contributed by atoms with E-state index < -0.39 is 16.2 Å². The molecule has 1 fully saturated rings. The van der Waals surface area contributed by atoms with Crippen molar-refractivity contribution in [2.75, 3.05) is 7.05 Å². The Balaban J connectivity index is 1.61. The van der Waals surface area contributed by atoms with Gasteiger partial charge in [-0.15, -0.1) is 4.40 Å². The van der Waals surface area contributed by atoms with Gasteiger partial charge in [0.25, 0.3) is 5.89 Å². The minimum Gasteiger partial charge on any atom is -0.452 e. The van der Waals surface area contributed by atoms with Crippen molar-refractivity contribution < 1.29 is 22.5 Å². The predicted octanol–water partition coefficient (Wildman–Crippen LogP) is 1.70. The van der Waals surface area contributed by atoms with Crippen LogP contribution >= 0.6 is 0 Å². The van der Waals surface area contributed by atoms with Crippen LogP contribution in [-0.4, -0.2) is 41.6 Å². The van der Waals surface area contributed by atoms with Crippen molar-refractivity contribution in [1.29, 1.82) is 0 Å². The summed E-state index contributed by atoms with van der Waals surface area (Å²) in [6.45, 7) is 1.27. The van der Waals surface area contributed by atoms with Crippen molar-refractivity contribution in [3.63, 3.8) is 0 Å². The molecule has 10 heteroatoms. The number of hydrogen-bond acceptors (Lipinski definition) is 7. The lowest BCUT2D eigenvalue weighted by Crippen LogP contribution is -2.29. The maximum atomic E-state index is 12.2. The first-order valence-corrected chi connectivity index (χ1v) is 9.53. The average molecular weight is 368 g/mol. The summed E-state index contributed by atoms with van der Waals surface area (Å²) in [6, 6.07) is 0. The Morgan fingerprint density at radius 3 is 2.80 bits per heavy atom. The van der Waals surface area contributed by atoms with Gasteiger partial charge in [-0.3, -0.25) is 4.31 Å². The van der Waals surface area contributed by atoms with Gasteiger partial charge in [0, 0.05) is 19.2 Å². The number of nitrogens with zero attached hydrogens (tertiary/aromatic N) is 4. The summed E-state index contributed by atoms with van der Waals surface area (Å²) in [4.78, 5) is 16.5. The van der Waals surface area contributed by atoms with E-state index in [0.717, 1.165) is 30.0 Å². The first kappa shape index (κ1) is 17.6. The van der Waals surface area contributed by atoms with Crippen LogP contribution in [0, 0.1) is 0 Å². The van der Waals surface area contributed by atoms with Crippen molar-refractivity contribution in [1.82, 2.24) is 14.4 Å². The van der Waals surface area contributed by atoms with Crippen LogP contribution < -0.4 is 0 Å². The molecule has 0 radical (unpaired) electrons. The molecule has 1 aliphatic heterocycles. The van der Waals surface area contributed by atoms with Gasteiger partial charge < -0.3 is 9.26 Å². The van der Waals surface area contributed by atoms with Gasteiger partial charge in [0.15, 0.2) is 12.4 Å². The van der Waals surface area contributed by atoms with Gasteiger partial charge in [-0.25, -0.2) is 4.79 Å². The van der Waals surface area contributed by atoms with E-state index >= 15 is 0 Å². The van der Waals surface area contributed by atoms with E-state index in [2.05, 4.69) is 14.5 Å². The normalized spacial score (nSPS) is 20.8. The van der Waals surface area contributed by atoms with E-state index in [1.54, 1.807) is 0 Å². The first-order valence-electron chi connectivity index (χ1n) is 8.13. The second kappa shape index (κ2) is 6.95. The summed E-state index contributed by atoms with van der Waals surface area (Å²) in [5, 5.41) is 3.97. The monoisotopic (exact) mass is 368 g/mol. The third-order valence-corrected chi connectivity index (χ3v) is 5.66. The first-order chi connectivity index (χ1) is 11.9. The van der Waals surface area contributed by atoms with Crippen LogP contribution in [0.2, 0.25) is 0 Å². The quantitative estimate of drug-likeness (QED) is 0.743. The Morgan fingerprint density at radius 2 is 2.08 bits per heavy atom. The molecule has 1 aromatic heterocycles. The van der Waals surface area contributed by atoms with Gasteiger partial charge in [0.1, 0.15) is 0 Å². The van der Waals surface area contributed by atoms with Crippen molar-refractivity contribution in [2.45, 2.75) is 51.6 Å². The van der Waals surface area contributed by atoms with Gasteiger partial charge in [0.2, 0.25) is 0 Å². The summed E-state index contributed by atoms with van der Waals surface area (Å²) in [5.74, 6) is 0.490. The number of rotatable bonds is 4. The highest BCUT2D eigenvalue weighted by Gasteiger charge is 2.27. The fourth-order valence-electron chi connectivity index (χ4n) is 2.89. The van der Waals surface area contributed by atoms with E-state index in [1.807, 2.05) is 0 Å². The minimum atomic E-state index is -3.76. The standard InChI is InChI=1S/C15H20N4O5S/c1-10-12(8-19(2)25(21,22)18-10)15(20)23-9-13-16-14(17-24-13)11-6-4-3-5-7-11/h8,11H,3-7,9H2,1-2H3. The predicted molar refractivity (Wildman–Crippen MR) is 87.8 cm³/mol. The molecule has 1 aliphatic carbocycles. The lowest BCUT2D eigenvalue weighted by molar-refractivity contribution is -0.140. The summed E-state index contributed by atoms with van der Waals surface area (Å²) >= 11 is 0. The molecule has 0 amide bonds. The lowest BCUT2D eigenvalue weighted by atomic mass is 9.89. The molecular formula is C15H20N4O5S. The topological polar surface area (TPSA) is 115 Å². The highest BCUT2D eigenvalue weighted by Crippen LogP contribution is 2.30. The van der Waals surface area contributed by atoms with Crippen molar-refractivity contribution in [3.8, 4) is 0 Å². The molecular weight excluding hydrogens is 348 g/mol. The SMILES string of the molecule is CC1=NS(=O)(=O)N(C)C=C1C(=O)OCc1nc(C2CCCCC2)no1. The molecule has 0 atom stereocenters. The molecule has 0 unspecified atom stereocenters. The van der Waals surface area contributed by atoms with Crippen molar-refractivity contribution in [2.24, 2.45) is 4.40 Å². The summed E-state index contributed by atoms with van der Waals surface area (Å²) in [5.41, 5.74) is 0.154. The highest BCUT2D eigenvalue weighted by atomic mass is 32.2. The molecule has 136 valence electrons. The van der Waals surface area contributed by atoms with Gasteiger partial charge in [-0.2, -0.15) is 13.4 Å². The Labute approximate surface area is 145 Å². The van der Waals surface area contributed by atoms with Gasteiger partial charge in [0.05, 0.1) is 11.3 Å². The molecule has 9 nitrogen and oxygen atoms in total. The average Bonchev–Trinajstić information content (AvgIpc) is 3.05. The number of aromatic nitrogens is 2. The molecule has 1 saturated carbocycles. The number of carbonyl (C=O) groups excluding carboxylic acids is 1. The smallest absolute Gasteiger partial charge is 0.344 e. The highest BCUT2D eigenvalue weighted by molar-refractivity contribution is 7.88. The largest absolute Gasteiger partial charge is 0.452 e. The second-order valence-corrected chi connectivity index (χ2v) is 7.83. The van der Waals surface area contributed by atoms with E-state index in [1.165, 1.54) is 26.6 Å². The van der Waals surface area contributed by atoms with Crippen LogP contribution in [0.1, 0.15) is 56.7 Å². The van der Waals surface area contributed by atoms with Gasteiger partial charge in [-0.05, 0) is 19.8 Å². The zero-order valence-corrected chi connectivity index (χ0v) is 15.0. The molecule has 2 heterocycles. The fraction of sp³-hybridized carbons (Fsp3) is 0.600. The Morgan fingerprint density at radius 1 is 1.36 bits per heavy atom. The zero-order valence-electron chi connectivity index (χ0n) is 14.1. The Kier molecular flexibility index (Phi) is 4.89. The number of hydrogen-bond donors (Lipinski definition) is 0. The third kappa shape index (κ3) is 3.89. The van der Waals surface area contributed by atoms with Crippen LogP contribution in [0.5, 0.6) is 0 Å². The second-order valence-electron chi connectivity index (χ2n) is 6.17. The number of esters is 1. The third-order valence-electron chi connectivity index (χ3n) is 4.32. The van der Waals surface area contributed by atoms with Crippen molar-refractivity contribution >= 4 is 21.9 Å². The van der Waals surface area contributed by atoms with E-state index in [-0.39, 0.29) is 23.8 Å². The molecule has 2 aliphatic rings. The molecule has 0 saturated heterocycles. The summed E-state index contributed by atoms with van der Waals surface area (Å²) in [6.07, 6.45) is 6.82. The van der Waals surface area contributed by atoms with Gasteiger partial charge >= 0.3 is 16.2 Å². The minimum absolute atomic E-state index is 0.0735. The molecule has 0 aromatic carbocycles. The van der Waals surface area contributed by atoms with Crippen LogP contribution in [0.3, 0.4) is 0 Å². The van der Waals surface area contributed by atoms with Crippen LogP contribution in [0.4, 0.5) is 0 Å². The summed E-state index contributed by atoms with van der Waals surface area (Å²) in [7, 11) is -2.46. The molecule has 0 spiro atoms. The van der Waals surface area contributed by atoms with E-state index in [4.69, 9.17) is 9.26 Å². The molecule has 3 rings (SSSR count). The number of carbonyl (C=O) groups is 1. The maximum absolute atomic E-state index is 12.2. The van der Waals surface area contributed by atoms with Crippen LogP contribution in [0.15, 0.2) is 20.7 Å². The molecule has 25 heavy (non-hydrogen) atoms. The van der Waals surface area contributed by atoms with Crippen molar-refractivity contribution in [3.05, 3.63) is 23.5 Å². The van der Waals surface area contributed by atoms with E-state index in [9.17, 15) is 13.2 Å². The molecule has 1 aromatic rings. The Bertz CT molecular complexity index is 821.